The molecule has 2 rings (SSSR count). The van der Waals surface area contributed by atoms with Crippen molar-refractivity contribution in [2.45, 2.75) is 4.90 Å². The summed E-state index contributed by atoms with van der Waals surface area (Å²) in [6.07, 6.45) is 0. The summed E-state index contributed by atoms with van der Waals surface area (Å²) in [6.45, 7) is -0.381. The van der Waals surface area contributed by atoms with Crippen LogP contribution in [0.5, 0.6) is 5.75 Å². The van der Waals surface area contributed by atoms with E-state index in [-0.39, 0.29) is 11.5 Å². The zero-order valence-corrected chi connectivity index (χ0v) is 14.9. The molecule has 22 heavy (non-hydrogen) atoms. The van der Waals surface area contributed by atoms with Crippen LogP contribution >= 0.6 is 27.5 Å². The second-order valence-corrected chi connectivity index (χ2v) is 7.14. The summed E-state index contributed by atoms with van der Waals surface area (Å²) in [5, 5.41) is 9.87. The molecule has 1 unspecified atom stereocenters. The molecule has 0 aliphatic rings. The van der Waals surface area contributed by atoms with Crippen molar-refractivity contribution in [3.8, 4) is 5.75 Å². The van der Waals surface area contributed by atoms with Crippen molar-refractivity contribution in [3.63, 3.8) is 0 Å². The molecule has 1 atom stereocenters. The number of hydrogen-bond acceptors (Lipinski definition) is 3. The Morgan fingerprint density at radius 3 is 2.27 bits per heavy atom. The van der Waals surface area contributed by atoms with Crippen molar-refractivity contribution < 1.29 is 14.1 Å². The van der Waals surface area contributed by atoms with Gasteiger partial charge in [-0.3, -0.25) is 0 Å². The van der Waals surface area contributed by atoms with E-state index in [1.165, 1.54) is 0 Å². The van der Waals surface area contributed by atoms with Crippen LogP contribution in [0.25, 0.3) is 5.03 Å². The van der Waals surface area contributed by atoms with Crippen LogP contribution in [0, 0.1) is 0 Å². The van der Waals surface area contributed by atoms with E-state index < -0.39 is 10.8 Å². The van der Waals surface area contributed by atoms with Crippen LogP contribution in [0.15, 0.2) is 62.8 Å². The van der Waals surface area contributed by atoms with Gasteiger partial charge in [0.05, 0.1) is 34.5 Å². The molecule has 0 radical (unpaired) electrons. The lowest BCUT2D eigenvalue weighted by Crippen LogP contribution is -2.03. The Kier molecular flexibility index (Phi) is 6.20. The van der Waals surface area contributed by atoms with Gasteiger partial charge in [-0.15, -0.1) is 0 Å². The Morgan fingerprint density at radius 2 is 1.77 bits per heavy atom. The summed E-state index contributed by atoms with van der Waals surface area (Å²) in [5.74, 6) is 0.675. The molecule has 0 heterocycles. The van der Waals surface area contributed by atoms with Gasteiger partial charge < -0.3 is 9.84 Å². The maximum Gasteiger partial charge on any atom is 0.118 e. The topological polar surface area (TPSA) is 46.5 Å². The van der Waals surface area contributed by atoms with E-state index in [4.69, 9.17) is 16.3 Å². The van der Waals surface area contributed by atoms with Crippen molar-refractivity contribution >= 4 is 43.4 Å². The molecule has 0 bridgehead atoms. The number of ether oxygens (including phenoxy) is 1. The van der Waals surface area contributed by atoms with Gasteiger partial charge >= 0.3 is 0 Å². The molecule has 0 saturated carbocycles. The smallest absolute Gasteiger partial charge is 0.118 e. The molecule has 2 aromatic carbocycles. The average molecular weight is 402 g/mol. The van der Waals surface area contributed by atoms with Crippen LogP contribution < -0.4 is 4.74 Å². The molecule has 0 aliphatic carbocycles. The van der Waals surface area contributed by atoms with Crippen molar-refractivity contribution in [2.75, 3.05) is 13.7 Å². The van der Waals surface area contributed by atoms with Gasteiger partial charge in [0.15, 0.2) is 0 Å². The van der Waals surface area contributed by atoms with Gasteiger partial charge in [-0.1, -0.05) is 39.7 Å². The number of aliphatic hydroxyl groups is 1. The highest BCUT2D eigenvalue weighted by atomic mass is 79.9. The molecule has 116 valence electrons. The van der Waals surface area contributed by atoms with E-state index in [1.807, 2.05) is 12.1 Å². The molecule has 3 nitrogen and oxygen atoms in total. The molecular weight excluding hydrogens is 388 g/mol. The lowest BCUT2D eigenvalue weighted by molar-refractivity contribution is 0.339. The lowest BCUT2D eigenvalue weighted by Gasteiger charge is -2.09. The first-order chi connectivity index (χ1) is 10.6. The molecule has 0 aliphatic heterocycles. The van der Waals surface area contributed by atoms with Gasteiger partial charge in [0.2, 0.25) is 0 Å². The molecular formula is C16H14BrClO3S. The van der Waals surface area contributed by atoms with E-state index in [9.17, 15) is 9.32 Å². The van der Waals surface area contributed by atoms with Crippen LogP contribution in [-0.4, -0.2) is 23.0 Å². The van der Waals surface area contributed by atoms with Crippen LogP contribution in [-0.2, 0) is 10.8 Å². The normalized spacial score (nSPS) is 13.5. The highest BCUT2D eigenvalue weighted by Gasteiger charge is 2.15. The highest BCUT2D eigenvalue weighted by molar-refractivity contribution is 9.10. The summed E-state index contributed by atoms with van der Waals surface area (Å²) in [4.78, 5) is 0.828. The third kappa shape index (κ3) is 3.98. The lowest BCUT2D eigenvalue weighted by atomic mass is 10.2. The molecule has 1 N–H and O–H groups in total. The van der Waals surface area contributed by atoms with Crippen molar-refractivity contribution in [3.05, 3.63) is 63.5 Å². The Morgan fingerprint density at radius 1 is 1.18 bits per heavy atom. The summed E-state index contributed by atoms with van der Waals surface area (Å²) >= 11 is 9.66. The van der Waals surface area contributed by atoms with Gasteiger partial charge in [0, 0.05) is 9.37 Å². The average Bonchev–Trinajstić information content (AvgIpc) is 2.56. The molecule has 0 amide bonds. The SMILES string of the molecule is COc1ccc(S(=O)/C(CO)=C(/Cl)c2ccc(Br)cc2)cc1. The number of hydrogen-bond donors (Lipinski definition) is 1. The first-order valence-electron chi connectivity index (χ1n) is 6.38. The monoisotopic (exact) mass is 400 g/mol. The summed E-state index contributed by atoms with van der Waals surface area (Å²) < 4.78 is 18.6. The van der Waals surface area contributed by atoms with Crippen LogP contribution in [0.2, 0.25) is 0 Å². The predicted molar refractivity (Wildman–Crippen MR) is 93.4 cm³/mol. The third-order valence-electron chi connectivity index (χ3n) is 2.98. The first kappa shape index (κ1) is 17.2. The van der Waals surface area contributed by atoms with Crippen LogP contribution in [0.3, 0.4) is 0 Å². The molecule has 0 saturated heterocycles. The second-order valence-electron chi connectivity index (χ2n) is 4.35. The Labute approximate surface area is 145 Å². The number of methoxy groups -OCH3 is 1. The second kappa shape index (κ2) is 7.92. The zero-order valence-electron chi connectivity index (χ0n) is 11.8. The minimum absolute atomic E-state index is 0.272. The summed E-state index contributed by atoms with van der Waals surface area (Å²) in [5.41, 5.74) is 0.704. The molecule has 0 fully saturated rings. The van der Waals surface area contributed by atoms with E-state index in [2.05, 4.69) is 15.9 Å². The van der Waals surface area contributed by atoms with E-state index in [1.54, 1.807) is 43.5 Å². The van der Waals surface area contributed by atoms with Gasteiger partial charge in [0.25, 0.3) is 0 Å². The molecule has 2 aromatic rings. The minimum Gasteiger partial charge on any atom is -0.497 e. The third-order valence-corrected chi connectivity index (χ3v) is 5.55. The van der Waals surface area contributed by atoms with Gasteiger partial charge in [-0.25, -0.2) is 4.21 Å². The van der Waals surface area contributed by atoms with Gasteiger partial charge in [-0.05, 0) is 42.0 Å². The van der Waals surface area contributed by atoms with Crippen molar-refractivity contribution in [1.82, 2.24) is 0 Å². The number of rotatable bonds is 5. The van der Waals surface area contributed by atoms with E-state index >= 15 is 0 Å². The van der Waals surface area contributed by atoms with Crippen LogP contribution in [0.1, 0.15) is 5.56 Å². The number of aliphatic hydroxyl groups excluding tert-OH is 1. The Hall–Kier alpha value is -1.14. The zero-order chi connectivity index (χ0) is 16.1. The largest absolute Gasteiger partial charge is 0.497 e. The van der Waals surface area contributed by atoms with Crippen molar-refractivity contribution in [1.29, 1.82) is 0 Å². The van der Waals surface area contributed by atoms with Crippen molar-refractivity contribution in [2.24, 2.45) is 0 Å². The summed E-state index contributed by atoms with van der Waals surface area (Å²) in [7, 11) is 0.0279. The molecule has 0 spiro atoms. The van der Waals surface area contributed by atoms with Gasteiger partial charge in [-0.2, -0.15) is 0 Å². The Balaban J connectivity index is 2.38. The molecule has 6 heteroatoms. The maximum absolute atomic E-state index is 12.6. The number of halogens is 2. The van der Waals surface area contributed by atoms with E-state index in [0.717, 1.165) is 4.47 Å². The minimum atomic E-state index is -1.54. The van der Waals surface area contributed by atoms with Crippen LogP contribution in [0.4, 0.5) is 0 Å². The first-order valence-corrected chi connectivity index (χ1v) is 8.70. The fraction of sp³-hybridized carbons (Fsp3) is 0.125. The Bertz CT molecular complexity index is 696. The standard InChI is InChI=1S/C16H14BrClO3S/c1-21-13-6-8-14(9-7-13)22(20)15(10-19)16(18)11-2-4-12(17)5-3-11/h2-9,19H,10H2,1H3/b16-15+. The summed E-state index contributed by atoms with van der Waals surface area (Å²) in [6, 6.07) is 14.1. The van der Waals surface area contributed by atoms with E-state index in [0.29, 0.717) is 21.2 Å². The fourth-order valence-corrected chi connectivity index (χ4v) is 3.53. The van der Waals surface area contributed by atoms with Gasteiger partial charge in [0.1, 0.15) is 5.75 Å². The fourth-order valence-electron chi connectivity index (χ4n) is 1.81. The predicted octanol–water partition coefficient (Wildman–Crippen LogP) is 4.17. The highest BCUT2D eigenvalue weighted by Crippen LogP contribution is 2.29. The number of benzene rings is 2. The maximum atomic E-state index is 12.6. The quantitative estimate of drug-likeness (QED) is 0.818. The molecule has 0 aromatic heterocycles.